The van der Waals surface area contributed by atoms with E-state index >= 15 is 0 Å². The fourth-order valence-corrected chi connectivity index (χ4v) is 2.38. The molecule has 2 rings (SSSR count). The summed E-state index contributed by atoms with van der Waals surface area (Å²) in [6.07, 6.45) is 3.64. The van der Waals surface area contributed by atoms with Gasteiger partial charge in [0.05, 0.1) is 11.8 Å². The molecule has 0 saturated heterocycles. The van der Waals surface area contributed by atoms with E-state index in [1.807, 2.05) is 61.5 Å². The first-order chi connectivity index (χ1) is 10.2. The molecule has 2 aromatic rings. The Bertz CT molecular complexity index is 678. The summed E-state index contributed by atoms with van der Waals surface area (Å²) in [5, 5.41) is 3.99. The Hall–Kier alpha value is -1.95. The summed E-state index contributed by atoms with van der Waals surface area (Å²) in [7, 11) is 0. The van der Waals surface area contributed by atoms with Crippen LogP contribution < -0.4 is 5.43 Å². The molecule has 0 unspecified atom stereocenters. The molecule has 1 N–H and O–H groups in total. The Morgan fingerprint density at radius 2 is 1.76 bits per heavy atom. The van der Waals surface area contributed by atoms with E-state index in [1.54, 1.807) is 12.3 Å². The quantitative estimate of drug-likeness (QED) is 0.477. The van der Waals surface area contributed by atoms with E-state index in [2.05, 4.69) is 33.1 Å². The van der Waals surface area contributed by atoms with Gasteiger partial charge in [0.1, 0.15) is 0 Å². The number of amides is 1. The number of allylic oxidation sites excluding steroid dienone is 1. The van der Waals surface area contributed by atoms with Gasteiger partial charge < -0.3 is 0 Å². The highest BCUT2D eigenvalue weighted by molar-refractivity contribution is 14.1. The molecule has 0 aliphatic carbocycles. The van der Waals surface area contributed by atoms with Crippen LogP contribution in [0.2, 0.25) is 0 Å². The summed E-state index contributed by atoms with van der Waals surface area (Å²) in [6, 6.07) is 17.4. The van der Waals surface area contributed by atoms with Crippen LogP contribution in [-0.4, -0.2) is 12.1 Å². The van der Waals surface area contributed by atoms with Crippen LogP contribution in [0, 0.1) is 3.57 Å². The fourth-order valence-electron chi connectivity index (χ4n) is 1.75. The lowest BCUT2D eigenvalue weighted by atomic mass is 10.1. The van der Waals surface area contributed by atoms with Crippen molar-refractivity contribution in [2.45, 2.75) is 6.92 Å². The van der Waals surface area contributed by atoms with Gasteiger partial charge in [-0.05, 0) is 52.8 Å². The van der Waals surface area contributed by atoms with E-state index in [1.165, 1.54) is 0 Å². The predicted octanol–water partition coefficient (Wildman–Crippen LogP) is 4.11. The van der Waals surface area contributed by atoms with Gasteiger partial charge in [0, 0.05) is 3.57 Å². The molecule has 0 heterocycles. The first kappa shape index (κ1) is 15.4. The summed E-state index contributed by atoms with van der Waals surface area (Å²) < 4.78 is 0.902. The van der Waals surface area contributed by atoms with E-state index in [0.717, 1.165) is 14.7 Å². The lowest BCUT2D eigenvalue weighted by Gasteiger charge is -2.02. The van der Waals surface area contributed by atoms with Crippen LogP contribution in [0.25, 0.3) is 6.08 Å². The zero-order valence-electron chi connectivity index (χ0n) is 11.6. The molecule has 1 amide bonds. The second-order valence-corrected chi connectivity index (χ2v) is 5.64. The number of nitrogens with one attached hydrogen (secondary N) is 1. The summed E-state index contributed by atoms with van der Waals surface area (Å²) >= 11 is 2.13. The SMILES string of the molecule is CC(/C=N\NC(=O)c1ccccc1I)=C/c1ccccc1. The lowest BCUT2D eigenvalue weighted by Crippen LogP contribution is -2.18. The van der Waals surface area contributed by atoms with Crippen LogP contribution in [0.3, 0.4) is 0 Å². The monoisotopic (exact) mass is 390 g/mol. The van der Waals surface area contributed by atoms with Gasteiger partial charge in [-0.1, -0.05) is 48.5 Å². The number of hydrazone groups is 1. The first-order valence-corrected chi connectivity index (χ1v) is 7.56. The highest BCUT2D eigenvalue weighted by Crippen LogP contribution is 2.11. The van der Waals surface area contributed by atoms with Crippen molar-refractivity contribution in [3.63, 3.8) is 0 Å². The van der Waals surface area contributed by atoms with Crippen molar-refractivity contribution in [1.82, 2.24) is 5.43 Å². The minimum Gasteiger partial charge on any atom is -0.267 e. The molecule has 0 bridgehead atoms. The Morgan fingerprint density at radius 3 is 2.48 bits per heavy atom. The Labute approximate surface area is 137 Å². The van der Waals surface area contributed by atoms with E-state index in [9.17, 15) is 4.79 Å². The topological polar surface area (TPSA) is 41.5 Å². The number of carbonyl (C=O) groups is 1. The largest absolute Gasteiger partial charge is 0.272 e. The first-order valence-electron chi connectivity index (χ1n) is 6.48. The molecule has 0 spiro atoms. The Kier molecular flexibility index (Phi) is 5.68. The van der Waals surface area contributed by atoms with Crippen LogP contribution in [0.1, 0.15) is 22.8 Å². The summed E-state index contributed by atoms with van der Waals surface area (Å²) in [6.45, 7) is 1.94. The maximum atomic E-state index is 12.0. The lowest BCUT2D eigenvalue weighted by molar-refractivity contribution is 0.0954. The number of benzene rings is 2. The average molecular weight is 390 g/mol. The zero-order valence-corrected chi connectivity index (χ0v) is 13.7. The molecule has 106 valence electrons. The molecule has 4 heteroatoms. The number of hydrogen-bond donors (Lipinski definition) is 1. The number of halogens is 1. The van der Waals surface area contributed by atoms with Crippen LogP contribution >= 0.6 is 22.6 Å². The molecule has 0 aromatic heterocycles. The van der Waals surface area contributed by atoms with Crippen molar-refractivity contribution in [3.8, 4) is 0 Å². The second-order valence-electron chi connectivity index (χ2n) is 4.48. The van der Waals surface area contributed by atoms with E-state index in [4.69, 9.17) is 0 Å². The van der Waals surface area contributed by atoms with E-state index in [0.29, 0.717) is 5.56 Å². The molecule has 0 atom stereocenters. The van der Waals surface area contributed by atoms with Crippen LogP contribution in [-0.2, 0) is 0 Å². The van der Waals surface area contributed by atoms with Gasteiger partial charge in [-0.3, -0.25) is 4.79 Å². The van der Waals surface area contributed by atoms with Gasteiger partial charge in [-0.25, -0.2) is 5.43 Å². The van der Waals surface area contributed by atoms with E-state index in [-0.39, 0.29) is 5.91 Å². The average Bonchev–Trinajstić information content (AvgIpc) is 2.48. The van der Waals surface area contributed by atoms with Gasteiger partial charge in [-0.15, -0.1) is 0 Å². The third-order valence-corrected chi connectivity index (χ3v) is 3.69. The van der Waals surface area contributed by atoms with Crippen molar-refractivity contribution in [2.24, 2.45) is 5.10 Å². The molecule has 3 nitrogen and oxygen atoms in total. The van der Waals surface area contributed by atoms with Crippen molar-refractivity contribution < 1.29 is 4.79 Å². The smallest absolute Gasteiger partial charge is 0.267 e. The van der Waals surface area contributed by atoms with Crippen molar-refractivity contribution in [3.05, 3.63) is 74.9 Å². The number of carbonyl (C=O) groups excluding carboxylic acids is 1. The van der Waals surface area contributed by atoms with Crippen molar-refractivity contribution >= 4 is 40.8 Å². The van der Waals surface area contributed by atoms with Crippen LogP contribution in [0.5, 0.6) is 0 Å². The van der Waals surface area contributed by atoms with E-state index < -0.39 is 0 Å². The maximum Gasteiger partial charge on any atom is 0.272 e. The third-order valence-electron chi connectivity index (χ3n) is 2.75. The normalized spacial score (nSPS) is 11.6. The van der Waals surface area contributed by atoms with Gasteiger partial charge in [-0.2, -0.15) is 5.10 Å². The Balaban J connectivity index is 1.98. The summed E-state index contributed by atoms with van der Waals surface area (Å²) in [4.78, 5) is 12.0. The predicted molar refractivity (Wildman–Crippen MR) is 95.2 cm³/mol. The standard InChI is InChI=1S/C17H15IN2O/c1-13(11-14-7-3-2-4-8-14)12-19-20-17(21)15-9-5-6-10-16(15)18/h2-12H,1H3,(H,20,21)/b13-11-,19-12-. The molecule has 21 heavy (non-hydrogen) atoms. The molecular weight excluding hydrogens is 375 g/mol. The summed E-state index contributed by atoms with van der Waals surface area (Å²) in [5.41, 5.74) is 5.23. The van der Waals surface area contributed by atoms with Gasteiger partial charge in [0.2, 0.25) is 0 Å². The highest BCUT2D eigenvalue weighted by atomic mass is 127. The zero-order chi connectivity index (χ0) is 15.1. The Morgan fingerprint density at radius 1 is 1.10 bits per heavy atom. The highest BCUT2D eigenvalue weighted by Gasteiger charge is 2.07. The number of nitrogens with zero attached hydrogens (tertiary/aromatic N) is 1. The molecule has 0 aliphatic rings. The molecule has 0 radical (unpaired) electrons. The number of hydrogen-bond acceptors (Lipinski definition) is 2. The molecule has 2 aromatic carbocycles. The summed E-state index contributed by atoms with van der Waals surface area (Å²) in [5.74, 6) is -0.205. The van der Waals surface area contributed by atoms with Gasteiger partial charge in [0.25, 0.3) is 5.91 Å². The van der Waals surface area contributed by atoms with Gasteiger partial charge >= 0.3 is 0 Å². The number of rotatable bonds is 4. The molecular formula is C17H15IN2O. The minimum absolute atomic E-state index is 0.205. The van der Waals surface area contributed by atoms with Gasteiger partial charge in [0.15, 0.2) is 0 Å². The van der Waals surface area contributed by atoms with Crippen molar-refractivity contribution in [2.75, 3.05) is 0 Å². The van der Waals surface area contributed by atoms with Crippen molar-refractivity contribution in [1.29, 1.82) is 0 Å². The van der Waals surface area contributed by atoms with Crippen LogP contribution in [0.15, 0.2) is 65.3 Å². The fraction of sp³-hybridized carbons (Fsp3) is 0.0588. The molecule has 0 aliphatic heterocycles. The minimum atomic E-state index is -0.205. The van der Waals surface area contributed by atoms with Crippen LogP contribution in [0.4, 0.5) is 0 Å². The third kappa shape index (κ3) is 4.82. The molecule has 0 saturated carbocycles. The molecule has 0 fully saturated rings. The maximum absolute atomic E-state index is 12.0. The second kappa shape index (κ2) is 7.73.